The number of Topliss-reactive ketones (excluding diaryl/α,β-unsaturated/α-hetero) is 2. The van der Waals surface area contributed by atoms with E-state index in [2.05, 4.69) is 38.1 Å². The van der Waals surface area contributed by atoms with E-state index < -0.39 is 0 Å². The molecule has 1 saturated carbocycles. The lowest BCUT2D eigenvalue weighted by atomic mass is 9.85. The van der Waals surface area contributed by atoms with E-state index in [0.29, 0.717) is 18.8 Å². The summed E-state index contributed by atoms with van der Waals surface area (Å²) in [5.74, 6) is 0.902. The van der Waals surface area contributed by atoms with Crippen molar-refractivity contribution < 1.29 is 9.59 Å². The molecule has 0 bridgehead atoms. The van der Waals surface area contributed by atoms with Crippen LogP contribution in [-0.2, 0) is 9.59 Å². The van der Waals surface area contributed by atoms with Crippen molar-refractivity contribution in [3.05, 3.63) is 35.4 Å². The van der Waals surface area contributed by atoms with Crippen LogP contribution in [-0.4, -0.2) is 11.6 Å². The van der Waals surface area contributed by atoms with Crippen LogP contribution in [0, 0.1) is 5.92 Å². The minimum absolute atomic E-state index is 0.0935. The molecule has 0 spiro atoms. The maximum atomic E-state index is 11.6. The molecule has 0 heterocycles. The fourth-order valence-corrected chi connectivity index (χ4v) is 2.94. The lowest BCUT2D eigenvalue weighted by Gasteiger charge is -2.17. The van der Waals surface area contributed by atoms with Gasteiger partial charge in [0.15, 0.2) is 0 Å². The van der Waals surface area contributed by atoms with Gasteiger partial charge in [0.1, 0.15) is 11.6 Å². The van der Waals surface area contributed by atoms with E-state index >= 15 is 0 Å². The molecule has 0 saturated heterocycles. The first-order valence-electron chi connectivity index (χ1n) is 7.15. The predicted molar refractivity (Wildman–Crippen MR) is 76.3 cm³/mol. The van der Waals surface area contributed by atoms with E-state index in [1.165, 1.54) is 5.56 Å². The number of ketones is 2. The summed E-state index contributed by atoms with van der Waals surface area (Å²) in [4.78, 5) is 23.3. The van der Waals surface area contributed by atoms with Crippen LogP contribution >= 0.6 is 0 Å². The predicted octanol–water partition coefficient (Wildman–Crippen LogP) is 3.85. The van der Waals surface area contributed by atoms with Gasteiger partial charge in [-0.25, -0.2) is 0 Å². The van der Waals surface area contributed by atoms with Gasteiger partial charge in [-0.3, -0.25) is 9.59 Å². The highest BCUT2D eigenvalue weighted by molar-refractivity contribution is 5.91. The minimum Gasteiger partial charge on any atom is -0.300 e. The smallest absolute Gasteiger partial charge is 0.134 e. The van der Waals surface area contributed by atoms with Gasteiger partial charge in [-0.05, 0) is 30.4 Å². The van der Waals surface area contributed by atoms with E-state index in [1.807, 2.05) is 0 Å². The number of hydrogen-bond donors (Lipinski definition) is 0. The van der Waals surface area contributed by atoms with Crippen LogP contribution in [0.4, 0.5) is 0 Å². The summed E-state index contributed by atoms with van der Waals surface area (Å²) < 4.78 is 0. The first-order chi connectivity index (χ1) is 9.02. The van der Waals surface area contributed by atoms with E-state index in [4.69, 9.17) is 0 Å². The van der Waals surface area contributed by atoms with Gasteiger partial charge in [0.25, 0.3) is 0 Å². The van der Waals surface area contributed by atoms with E-state index in [0.717, 1.165) is 12.0 Å². The Bertz CT molecular complexity index is 473. The molecule has 1 aromatic rings. The van der Waals surface area contributed by atoms with Gasteiger partial charge in [-0.2, -0.15) is 0 Å². The quantitative estimate of drug-likeness (QED) is 0.822. The molecular formula is C17H22O2. The molecular weight excluding hydrogens is 236 g/mol. The molecule has 102 valence electrons. The monoisotopic (exact) mass is 258 g/mol. The molecule has 19 heavy (non-hydrogen) atoms. The van der Waals surface area contributed by atoms with Crippen molar-refractivity contribution in [1.82, 2.24) is 0 Å². The Balaban J connectivity index is 2.21. The Hall–Kier alpha value is -1.44. The van der Waals surface area contributed by atoms with Crippen molar-refractivity contribution in [2.45, 2.75) is 51.9 Å². The van der Waals surface area contributed by atoms with Crippen LogP contribution in [0.5, 0.6) is 0 Å². The SMILES string of the molecule is CCC(C)c1ccc(C2CC(=O)C[C@@H]2C(C)=O)cc1. The first kappa shape index (κ1) is 14.0. The second kappa shape index (κ2) is 5.68. The average molecular weight is 258 g/mol. The molecule has 0 N–H and O–H groups in total. The molecule has 2 nitrogen and oxygen atoms in total. The Labute approximate surface area is 115 Å². The normalized spacial score (nSPS) is 24.5. The van der Waals surface area contributed by atoms with Gasteiger partial charge in [0.2, 0.25) is 0 Å². The van der Waals surface area contributed by atoms with Crippen molar-refractivity contribution in [3.8, 4) is 0 Å². The third kappa shape index (κ3) is 2.94. The molecule has 0 amide bonds. The number of benzene rings is 1. The summed E-state index contributed by atoms with van der Waals surface area (Å²) in [6.07, 6.45) is 2.07. The zero-order chi connectivity index (χ0) is 14.0. The Morgan fingerprint density at radius 1 is 1.26 bits per heavy atom. The second-order valence-corrected chi connectivity index (χ2v) is 5.75. The van der Waals surface area contributed by atoms with Gasteiger partial charge in [0, 0.05) is 24.7 Å². The summed E-state index contributed by atoms with van der Waals surface area (Å²) >= 11 is 0. The second-order valence-electron chi connectivity index (χ2n) is 5.75. The summed E-state index contributed by atoms with van der Waals surface area (Å²) in [5.41, 5.74) is 2.47. The van der Waals surface area contributed by atoms with E-state index in [1.54, 1.807) is 6.92 Å². The highest BCUT2D eigenvalue weighted by Gasteiger charge is 2.36. The molecule has 0 aromatic heterocycles. The Morgan fingerprint density at radius 3 is 2.42 bits per heavy atom. The van der Waals surface area contributed by atoms with Gasteiger partial charge in [-0.15, -0.1) is 0 Å². The molecule has 1 aliphatic carbocycles. The molecule has 2 rings (SSSR count). The van der Waals surface area contributed by atoms with Gasteiger partial charge in [0.05, 0.1) is 0 Å². The van der Waals surface area contributed by atoms with Gasteiger partial charge in [-0.1, -0.05) is 38.1 Å². The van der Waals surface area contributed by atoms with Crippen LogP contribution in [0.1, 0.15) is 63.0 Å². The molecule has 3 atom stereocenters. The molecule has 0 aliphatic heterocycles. The summed E-state index contributed by atoms with van der Waals surface area (Å²) in [6, 6.07) is 8.48. The molecule has 1 aromatic carbocycles. The fraction of sp³-hybridized carbons (Fsp3) is 0.529. The summed E-state index contributed by atoms with van der Waals surface area (Å²) in [6.45, 7) is 6.00. The van der Waals surface area contributed by atoms with Crippen molar-refractivity contribution in [3.63, 3.8) is 0 Å². The zero-order valence-electron chi connectivity index (χ0n) is 12.0. The van der Waals surface area contributed by atoms with Crippen molar-refractivity contribution in [2.75, 3.05) is 0 Å². The topological polar surface area (TPSA) is 34.1 Å². The fourth-order valence-electron chi connectivity index (χ4n) is 2.94. The molecule has 2 unspecified atom stereocenters. The van der Waals surface area contributed by atoms with Crippen LogP contribution in [0.15, 0.2) is 24.3 Å². The molecule has 0 radical (unpaired) electrons. The van der Waals surface area contributed by atoms with Crippen LogP contribution in [0.2, 0.25) is 0 Å². The van der Waals surface area contributed by atoms with E-state index in [-0.39, 0.29) is 23.4 Å². The van der Waals surface area contributed by atoms with E-state index in [9.17, 15) is 9.59 Å². The Morgan fingerprint density at radius 2 is 1.89 bits per heavy atom. The highest BCUT2D eigenvalue weighted by atomic mass is 16.1. The van der Waals surface area contributed by atoms with Gasteiger partial charge >= 0.3 is 0 Å². The third-order valence-electron chi connectivity index (χ3n) is 4.45. The maximum absolute atomic E-state index is 11.6. The standard InChI is InChI=1S/C17H22O2/c1-4-11(2)13-5-7-14(8-6-13)17-10-15(19)9-16(17)12(3)18/h5-8,11,16-17H,4,9-10H2,1-3H3/t11?,16-,17?/m1/s1. The number of carbonyl (C=O) groups excluding carboxylic acids is 2. The van der Waals surface area contributed by atoms with Crippen LogP contribution in [0.3, 0.4) is 0 Å². The summed E-state index contributed by atoms with van der Waals surface area (Å²) in [7, 11) is 0. The molecule has 1 fully saturated rings. The lowest BCUT2D eigenvalue weighted by molar-refractivity contribution is -0.123. The Kier molecular flexibility index (Phi) is 4.18. The average Bonchev–Trinajstić information content (AvgIpc) is 2.80. The number of rotatable bonds is 4. The minimum atomic E-state index is -0.109. The molecule has 2 heteroatoms. The zero-order valence-corrected chi connectivity index (χ0v) is 12.0. The third-order valence-corrected chi connectivity index (χ3v) is 4.45. The van der Waals surface area contributed by atoms with Gasteiger partial charge < -0.3 is 0 Å². The summed E-state index contributed by atoms with van der Waals surface area (Å²) in [5, 5.41) is 0. The number of carbonyl (C=O) groups is 2. The van der Waals surface area contributed by atoms with Crippen molar-refractivity contribution in [1.29, 1.82) is 0 Å². The van der Waals surface area contributed by atoms with Crippen LogP contribution in [0.25, 0.3) is 0 Å². The largest absolute Gasteiger partial charge is 0.300 e. The van der Waals surface area contributed by atoms with Crippen molar-refractivity contribution >= 4 is 11.6 Å². The first-order valence-corrected chi connectivity index (χ1v) is 7.15. The molecule has 1 aliphatic rings. The highest BCUT2D eigenvalue weighted by Crippen LogP contribution is 2.38. The maximum Gasteiger partial charge on any atom is 0.134 e. The number of hydrogen-bond acceptors (Lipinski definition) is 2. The van der Waals surface area contributed by atoms with Crippen LogP contribution < -0.4 is 0 Å². The van der Waals surface area contributed by atoms with Crippen molar-refractivity contribution in [2.24, 2.45) is 5.92 Å². The lowest BCUT2D eigenvalue weighted by Crippen LogP contribution is -2.14.